The van der Waals surface area contributed by atoms with Crippen LogP contribution in [-0.4, -0.2) is 35.5 Å². The number of hydrogen-bond donors (Lipinski definition) is 0. The zero-order chi connectivity index (χ0) is 13.1. The number of halogens is 3. The Balaban J connectivity index is 2.04. The molecule has 5 heteroatoms. The van der Waals surface area contributed by atoms with Crippen molar-refractivity contribution in [2.45, 2.75) is 25.7 Å². The quantitative estimate of drug-likeness (QED) is 0.743. The first kappa shape index (κ1) is 14.4. The average molecular weight is 381 g/mol. The standard InChI is InChI=1S/C13H16Br2FNO/c1-9-6-17(8-12(5-14)18-9)7-10-2-3-11(15)4-13(10)16/h2-4,9,12H,5-8H2,1H3. The van der Waals surface area contributed by atoms with Crippen LogP contribution >= 0.6 is 31.9 Å². The number of morpholine rings is 1. The van der Waals surface area contributed by atoms with E-state index in [-0.39, 0.29) is 18.0 Å². The highest BCUT2D eigenvalue weighted by Gasteiger charge is 2.24. The molecular formula is C13H16Br2FNO. The van der Waals surface area contributed by atoms with Gasteiger partial charge in [-0.05, 0) is 19.1 Å². The summed E-state index contributed by atoms with van der Waals surface area (Å²) in [6, 6.07) is 5.23. The van der Waals surface area contributed by atoms with E-state index in [1.807, 2.05) is 12.1 Å². The maximum absolute atomic E-state index is 13.8. The molecular weight excluding hydrogens is 365 g/mol. The summed E-state index contributed by atoms with van der Waals surface area (Å²) in [5.41, 5.74) is 0.737. The van der Waals surface area contributed by atoms with Gasteiger partial charge in [0.05, 0.1) is 12.2 Å². The average Bonchev–Trinajstić information content (AvgIpc) is 2.32. The smallest absolute Gasteiger partial charge is 0.128 e. The van der Waals surface area contributed by atoms with Gasteiger partial charge in [0.2, 0.25) is 0 Å². The van der Waals surface area contributed by atoms with Gasteiger partial charge in [-0.25, -0.2) is 4.39 Å². The summed E-state index contributed by atoms with van der Waals surface area (Å²) < 4.78 is 20.3. The van der Waals surface area contributed by atoms with E-state index in [0.29, 0.717) is 6.54 Å². The molecule has 1 fully saturated rings. The molecule has 2 nitrogen and oxygen atoms in total. The Hall–Kier alpha value is 0.0300. The van der Waals surface area contributed by atoms with Crippen LogP contribution in [0.1, 0.15) is 12.5 Å². The fraction of sp³-hybridized carbons (Fsp3) is 0.538. The van der Waals surface area contributed by atoms with E-state index in [1.165, 1.54) is 6.07 Å². The molecule has 1 heterocycles. The van der Waals surface area contributed by atoms with Gasteiger partial charge in [0, 0.05) is 35.0 Å². The lowest BCUT2D eigenvalue weighted by Gasteiger charge is -2.36. The molecule has 0 saturated carbocycles. The second-order valence-electron chi connectivity index (χ2n) is 4.65. The third-order valence-corrected chi connectivity index (χ3v) is 4.20. The predicted octanol–water partition coefficient (Wildman–Crippen LogP) is 3.57. The van der Waals surface area contributed by atoms with Crippen LogP contribution in [0, 0.1) is 5.82 Å². The summed E-state index contributed by atoms with van der Waals surface area (Å²) in [7, 11) is 0. The summed E-state index contributed by atoms with van der Waals surface area (Å²) in [6.45, 7) is 4.38. The van der Waals surface area contributed by atoms with E-state index in [4.69, 9.17) is 4.74 Å². The molecule has 0 aliphatic carbocycles. The molecule has 2 unspecified atom stereocenters. The van der Waals surface area contributed by atoms with Gasteiger partial charge in [-0.3, -0.25) is 4.90 Å². The van der Waals surface area contributed by atoms with Crippen molar-refractivity contribution < 1.29 is 9.13 Å². The van der Waals surface area contributed by atoms with E-state index >= 15 is 0 Å². The maximum Gasteiger partial charge on any atom is 0.128 e. The van der Waals surface area contributed by atoms with Crippen molar-refractivity contribution in [1.29, 1.82) is 0 Å². The Morgan fingerprint density at radius 1 is 1.44 bits per heavy atom. The molecule has 0 aromatic heterocycles. The molecule has 0 N–H and O–H groups in total. The molecule has 0 bridgehead atoms. The second kappa shape index (κ2) is 6.46. The van der Waals surface area contributed by atoms with E-state index < -0.39 is 0 Å². The number of nitrogens with zero attached hydrogens (tertiary/aromatic N) is 1. The summed E-state index contributed by atoms with van der Waals surface area (Å²) in [6.07, 6.45) is 0.382. The largest absolute Gasteiger partial charge is 0.372 e. The molecule has 1 aromatic carbocycles. The van der Waals surface area contributed by atoms with Crippen LogP contribution in [-0.2, 0) is 11.3 Å². The molecule has 2 atom stereocenters. The van der Waals surface area contributed by atoms with Gasteiger partial charge in [-0.15, -0.1) is 0 Å². The Kier molecular flexibility index (Phi) is 5.18. The normalized spacial score (nSPS) is 25.3. The van der Waals surface area contributed by atoms with Gasteiger partial charge in [0.1, 0.15) is 5.82 Å². The van der Waals surface area contributed by atoms with E-state index in [1.54, 1.807) is 0 Å². The number of alkyl halides is 1. The molecule has 1 aliphatic heterocycles. The molecule has 1 saturated heterocycles. The zero-order valence-corrected chi connectivity index (χ0v) is 13.4. The minimum atomic E-state index is -0.154. The number of rotatable bonds is 3. The zero-order valence-electron chi connectivity index (χ0n) is 10.2. The van der Waals surface area contributed by atoms with Crippen molar-refractivity contribution in [3.8, 4) is 0 Å². The Morgan fingerprint density at radius 2 is 2.22 bits per heavy atom. The highest BCUT2D eigenvalue weighted by Crippen LogP contribution is 2.20. The topological polar surface area (TPSA) is 12.5 Å². The minimum Gasteiger partial charge on any atom is -0.372 e. The van der Waals surface area contributed by atoms with Crippen molar-refractivity contribution >= 4 is 31.9 Å². The van der Waals surface area contributed by atoms with Crippen molar-refractivity contribution in [3.05, 3.63) is 34.1 Å². The monoisotopic (exact) mass is 379 g/mol. The van der Waals surface area contributed by atoms with Crippen molar-refractivity contribution in [3.63, 3.8) is 0 Å². The van der Waals surface area contributed by atoms with E-state index in [0.717, 1.165) is 28.5 Å². The van der Waals surface area contributed by atoms with E-state index in [2.05, 4.69) is 43.7 Å². The van der Waals surface area contributed by atoms with Gasteiger partial charge in [0.25, 0.3) is 0 Å². The molecule has 0 amide bonds. The third kappa shape index (κ3) is 3.76. The lowest BCUT2D eigenvalue weighted by atomic mass is 10.1. The molecule has 0 spiro atoms. The fourth-order valence-corrected chi connectivity index (χ4v) is 2.94. The van der Waals surface area contributed by atoms with Gasteiger partial charge in [0.15, 0.2) is 0 Å². The summed E-state index contributed by atoms with van der Waals surface area (Å²) in [4.78, 5) is 2.24. The van der Waals surface area contributed by atoms with Crippen molar-refractivity contribution in [2.24, 2.45) is 0 Å². The van der Waals surface area contributed by atoms with Crippen LogP contribution in [0.2, 0.25) is 0 Å². The van der Waals surface area contributed by atoms with Gasteiger partial charge >= 0.3 is 0 Å². The Labute approximate surface area is 124 Å². The molecule has 2 rings (SSSR count). The Morgan fingerprint density at radius 3 is 2.89 bits per heavy atom. The number of benzene rings is 1. The Bertz CT molecular complexity index is 416. The summed E-state index contributed by atoms with van der Waals surface area (Å²) >= 11 is 6.72. The molecule has 18 heavy (non-hydrogen) atoms. The maximum atomic E-state index is 13.8. The molecule has 0 radical (unpaired) electrons. The minimum absolute atomic E-state index is 0.154. The molecule has 1 aliphatic rings. The van der Waals surface area contributed by atoms with Crippen LogP contribution in [0.5, 0.6) is 0 Å². The van der Waals surface area contributed by atoms with Crippen molar-refractivity contribution in [1.82, 2.24) is 4.90 Å². The second-order valence-corrected chi connectivity index (χ2v) is 6.22. The van der Waals surface area contributed by atoms with Gasteiger partial charge in [-0.1, -0.05) is 37.9 Å². The van der Waals surface area contributed by atoms with Gasteiger partial charge in [-0.2, -0.15) is 0 Å². The van der Waals surface area contributed by atoms with Crippen molar-refractivity contribution in [2.75, 3.05) is 18.4 Å². The van der Waals surface area contributed by atoms with Crippen LogP contribution < -0.4 is 0 Å². The highest BCUT2D eigenvalue weighted by molar-refractivity contribution is 9.10. The number of ether oxygens (including phenoxy) is 1. The summed E-state index contributed by atoms with van der Waals surface area (Å²) in [5, 5.41) is 0.816. The third-order valence-electron chi connectivity index (χ3n) is 2.98. The lowest BCUT2D eigenvalue weighted by Crippen LogP contribution is -2.46. The first-order chi connectivity index (χ1) is 8.58. The van der Waals surface area contributed by atoms with E-state index in [9.17, 15) is 4.39 Å². The van der Waals surface area contributed by atoms with Crippen LogP contribution in [0.25, 0.3) is 0 Å². The first-order valence-electron chi connectivity index (χ1n) is 5.96. The SMILES string of the molecule is CC1CN(Cc2ccc(Br)cc2F)CC(CBr)O1. The molecule has 100 valence electrons. The number of hydrogen-bond acceptors (Lipinski definition) is 2. The first-order valence-corrected chi connectivity index (χ1v) is 7.87. The predicted molar refractivity (Wildman–Crippen MR) is 77.5 cm³/mol. The van der Waals surface area contributed by atoms with Crippen LogP contribution in [0.4, 0.5) is 4.39 Å². The lowest BCUT2D eigenvalue weighted by molar-refractivity contribution is -0.0680. The fourth-order valence-electron chi connectivity index (χ4n) is 2.25. The molecule has 1 aromatic rings. The van der Waals surface area contributed by atoms with Gasteiger partial charge < -0.3 is 4.74 Å². The highest BCUT2D eigenvalue weighted by atomic mass is 79.9. The van der Waals surface area contributed by atoms with Crippen LogP contribution in [0.15, 0.2) is 22.7 Å². The summed E-state index contributed by atoms with van der Waals surface area (Å²) in [5.74, 6) is -0.154. The van der Waals surface area contributed by atoms with Crippen LogP contribution in [0.3, 0.4) is 0 Å².